The average molecular weight is 423 g/mol. The molecule has 9 nitrogen and oxygen atoms in total. The lowest BCUT2D eigenvalue weighted by Gasteiger charge is -2.09. The van der Waals surface area contributed by atoms with Gasteiger partial charge in [0, 0.05) is 11.9 Å². The Morgan fingerprint density at radius 2 is 1.65 bits per heavy atom. The second-order valence-corrected chi connectivity index (χ2v) is 6.33. The maximum atomic E-state index is 12.8. The molecule has 0 aliphatic carbocycles. The molecular formula is C22H21N3O6. The Morgan fingerprint density at radius 1 is 0.968 bits per heavy atom. The molecule has 3 rings (SSSR count). The maximum Gasteiger partial charge on any atom is 0.338 e. The molecule has 1 heterocycles. The van der Waals surface area contributed by atoms with Gasteiger partial charge in [0.05, 0.1) is 24.5 Å². The summed E-state index contributed by atoms with van der Waals surface area (Å²) in [7, 11) is 0. The van der Waals surface area contributed by atoms with Crippen molar-refractivity contribution in [1.82, 2.24) is 9.55 Å². The van der Waals surface area contributed by atoms with Crippen LogP contribution in [-0.2, 0) is 4.74 Å². The van der Waals surface area contributed by atoms with Crippen LogP contribution in [0.25, 0.3) is 5.69 Å². The maximum absolute atomic E-state index is 12.8. The third-order valence-electron chi connectivity index (χ3n) is 4.28. The highest BCUT2D eigenvalue weighted by Crippen LogP contribution is 2.14. The number of ether oxygens (including phenoxy) is 2. The van der Waals surface area contributed by atoms with Crippen molar-refractivity contribution < 1.29 is 19.1 Å². The summed E-state index contributed by atoms with van der Waals surface area (Å²) in [4.78, 5) is 51.8. The van der Waals surface area contributed by atoms with E-state index >= 15 is 0 Å². The topological polar surface area (TPSA) is 119 Å². The summed E-state index contributed by atoms with van der Waals surface area (Å²) < 4.78 is 11.1. The van der Waals surface area contributed by atoms with Crippen molar-refractivity contribution in [2.45, 2.75) is 13.8 Å². The minimum Gasteiger partial charge on any atom is -0.494 e. The van der Waals surface area contributed by atoms with E-state index < -0.39 is 23.1 Å². The highest BCUT2D eigenvalue weighted by atomic mass is 16.5. The van der Waals surface area contributed by atoms with Crippen LogP contribution in [0.5, 0.6) is 5.75 Å². The molecule has 1 aromatic heterocycles. The van der Waals surface area contributed by atoms with Crippen LogP contribution >= 0.6 is 0 Å². The van der Waals surface area contributed by atoms with E-state index in [1.54, 1.807) is 31.2 Å². The smallest absolute Gasteiger partial charge is 0.338 e. The summed E-state index contributed by atoms with van der Waals surface area (Å²) >= 11 is 0. The summed E-state index contributed by atoms with van der Waals surface area (Å²) in [5, 5.41) is 2.57. The Labute approximate surface area is 177 Å². The molecule has 0 aliphatic heterocycles. The number of nitrogens with zero attached hydrogens (tertiary/aromatic N) is 1. The molecule has 160 valence electrons. The van der Waals surface area contributed by atoms with Gasteiger partial charge in [-0.1, -0.05) is 0 Å². The molecule has 0 fully saturated rings. The van der Waals surface area contributed by atoms with Crippen LogP contribution in [-0.4, -0.2) is 34.6 Å². The number of nitrogens with one attached hydrogen (secondary N) is 2. The minimum absolute atomic E-state index is 0.247. The molecule has 0 saturated heterocycles. The molecule has 31 heavy (non-hydrogen) atoms. The number of amides is 1. The van der Waals surface area contributed by atoms with Gasteiger partial charge < -0.3 is 19.8 Å². The normalized spacial score (nSPS) is 10.4. The molecule has 0 unspecified atom stereocenters. The minimum atomic E-state index is -0.770. The molecule has 0 spiro atoms. The first-order valence-corrected chi connectivity index (χ1v) is 9.61. The molecule has 0 saturated carbocycles. The van der Waals surface area contributed by atoms with Gasteiger partial charge in [0.25, 0.3) is 11.5 Å². The fraction of sp³-hybridized carbons (Fsp3) is 0.182. The number of carbonyl (C=O) groups is 2. The van der Waals surface area contributed by atoms with Gasteiger partial charge in [-0.15, -0.1) is 0 Å². The van der Waals surface area contributed by atoms with Crippen molar-refractivity contribution >= 4 is 17.6 Å². The summed E-state index contributed by atoms with van der Waals surface area (Å²) in [6, 6.07) is 12.4. The van der Waals surface area contributed by atoms with Crippen LogP contribution in [0, 0.1) is 0 Å². The molecule has 9 heteroatoms. The molecule has 2 aromatic carbocycles. The van der Waals surface area contributed by atoms with Crippen LogP contribution in [0.1, 0.15) is 34.6 Å². The zero-order chi connectivity index (χ0) is 22.4. The predicted molar refractivity (Wildman–Crippen MR) is 114 cm³/mol. The fourth-order valence-electron chi connectivity index (χ4n) is 2.83. The summed E-state index contributed by atoms with van der Waals surface area (Å²) in [5.74, 6) is -0.583. The SMILES string of the molecule is CCOC(=O)c1ccc(NC(=O)c2c[nH]c(=O)n(-c3ccc(OCC)cc3)c2=O)cc1. The van der Waals surface area contributed by atoms with Crippen molar-refractivity contribution in [1.29, 1.82) is 0 Å². The van der Waals surface area contributed by atoms with Gasteiger partial charge in [-0.25, -0.2) is 14.2 Å². The third-order valence-corrected chi connectivity index (χ3v) is 4.28. The number of esters is 1. The Balaban J connectivity index is 1.85. The Hall–Kier alpha value is -4.14. The highest BCUT2D eigenvalue weighted by molar-refractivity contribution is 6.04. The van der Waals surface area contributed by atoms with Gasteiger partial charge in [-0.2, -0.15) is 0 Å². The molecule has 1 amide bonds. The van der Waals surface area contributed by atoms with Crippen molar-refractivity contribution in [2.24, 2.45) is 0 Å². The molecule has 0 bridgehead atoms. The quantitative estimate of drug-likeness (QED) is 0.563. The van der Waals surface area contributed by atoms with Gasteiger partial charge in [0.2, 0.25) is 0 Å². The molecule has 0 radical (unpaired) electrons. The highest BCUT2D eigenvalue weighted by Gasteiger charge is 2.16. The molecule has 0 atom stereocenters. The number of aromatic amines is 1. The van der Waals surface area contributed by atoms with Gasteiger partial charge in [-0.3, -0.25) is 9.59 Å². The van der Waals surface area contributed by atoms with Crippen molar-refractivity contribution in [3.63, 3.8) is 0 Å². The van der Waals surface area contributed by atoms with E-state index in [-0.39, 0.29) is 12.2 Å². The van der Waals surface area contributed by atoms with Crippen LogP contribution in [0.4, 0.5) is 5.69 Å². The number of aromatic nitrogens is 2. The molecule has 3 aromatic rings. The summed E-state index contributed by atoms with van der Waals surface area (Å²) in [6.45, 7) is 4.28. The van der Waals surface area contributed by atoms with E-state index in [0.717, 1.165) is 10.8 Å². The van der Waals surface area contributed by atoms with E-state index in [9.17, 15) is 19.2 Å². The number of benzene rings is 2. The number of hydrogen-bond acceptors (Lipinski definition) is 6. The Morgan fingerprint density at radius 3 is 2.26 bits per heavy atom. The molecular weight excluding hydrogens is 402 g/mol. The summed E-state index contributed by atoms with van der Waals surface area (Å²) in [6.07, 6.45) is 1.07. The third kappa shape index (κ3) is 4.89. The van der Waals surface area contributed by atoms with Crippen LogP contribution < -0.4 is 21.3 Å². The van der Waals surface area contributed by atoms with Crippen molar-refractivity contribution in [3.05, 3.63) is 86.7 Å². The second kappa shape index (κ2) is 9.57. The Bertz CT molecular complexity index is 1190. The van der Waals surface area contributed by atoms with Crippen molar-refractivity contribution in [2.75, 3.05) is 18.5 Å². The Kier molecular flexibility index (Phi) is 6.66. The van der Waals surface area contributed by atoms with Crippen molar-refractivity contribution in [3.8, 4) is 11.4 Å². The number of rotatable bonds is 7. The van der Waals surface area contributed by atoms with E-state index in [2.05, 4.69) is 10.3 Å². The predicted octanol–water partition coefficient (Wildman–Crippen LogP) is 2.35. The number of H-pyrrole nitrogens is 1. The van der Waals surface area contributed by atoms with Gasteiger partial charge in [0.1, 0.15) is 11.3 Å². The van der Waals surface area contributed by atoms with Crippen LogP contribution in [0.2, 0.25) is 0 Å². The van der Waals surface area contributed by atoms with Crippen LogP contribution in [0.3, 0.4) is 0 Å². The van der Waals surface area contributed by atoms with E-state index in [1.165, 1.54) is 24.3 Å². The lowest BCUT2D eigenvalue weighted by molar-refractivity contribution is 0.0526. The zero-order valence-electron chi connectivity index (χ0n) is 17.0. The fourth-order valence-corrected chi connectivity index (χ4v) is 2.83. The first-order chi connectivity index (χ1) is 14.9. The summed E-state index contributed by atoms with van der Waals surface area (Å²) in [5.41, 5.74) is -0.692. The lowest BCUT2D eigenvalue weighted by Crippen LogP contribution is -2.38. The van der Waals surface area contributed by atoms with Gasteiger partial charge in [0.15, 0.2) is 0 Å². The van der Waals surface area contributed by atoms with Gasteiger partial charge >= 0.3 is 11.7 Å². The monoisotopic (exact) mass is 423 g/mol. The standard InChI is InChI=1S/C22H21N3O6/c1-3-30-17-11-9-16(10-12-17)25-20(27)18(13-23-22(25)29)19(26)24-15-7-5-14(6-8-15)21(28)31-4-2/h5-13H,3-4H2,1-2H3,(H,23,29)(H,24,26). The zero-order valence-corrected chi connectivity index (χ0v) is 17.0. The largest absolute Gasteiger partial charge is 0.494 e. The molecule has 2 N–H and O–H groups in total. The first kappa shape index (κ1) is 21.6. The average Bonchev–Trinajstić information content (AvgIpc) is 2.76. The molecule has 0 aliphatic rings. The number of anilines is 1. The first-order valence-electron chi connectivity index (χ1n) is 9.61. The van der Waals surface area contributed by atoms with Crippen LogP contribution in [0.15, 0.2) is 64.3 Å². The van der Waals surface area contributed by atoms with E-state index in [0.29, 0.717) is 29.3 Å². The lowest BCUT2D eigenvalue weighted by atomic mass is 10.2. The number of hydrogen-bond donors (Lipinski definition) is 2. The van der Waals surface area contributed by atoms with Gasteiger partial charge in [-0.05, 0) is 62.4 Å². The van der Waals surface area contributed by atoms with E-state index in [4.69, 9.17) is 9.47 Å². The van der Waals surface area contributed by atoms with E-state index in [1.807, 2.05) is 6.92 Å². The number of carbonyl (C=O) groups excluding carboxylic acids is 2. The second-order valence-electron chi connectivity index (χ2n) is 6.33.